The number of benzene rings is 1. The third-order valence-corrected chi connectivity index (χ3v) is 5.36. The molecule has 4 rings (SSSR count). The molecule has 98 valence electrons. The average Bonchev–Trinajstić information content (AvgIpc) is 3.08. The molecule has 2 nitrogen and oxygen atoms in total. The van der Waals surface area contributed by atoms with Gasteiger partial charge in [0, 0.05) is 22.9 Å². The van der Waals surface area contributed by atoms with Gasteiger partial charge < -0.3 is 5.32 Å². The first-order chi connectivity index (χ1) is 9.40. The topological polar surface area (TPSA) is 24.9 Å². The van der Waals surface area contributed by atoms with Crippen molar-refractivity contribution in [2.24, 2.45) is 0 Å². The Balaban J connectivity index is 1.66. The van der Waals surface area contributed by atoms with Crippen LogP contribution in [0.4, 0.5) is 0 Å². The predicted molar refractivity (Wildman–Crippen MR) is 79.7 cm³/mol. The van der Waals surface area contributed by atoms with Gasteiger partial charge in [-0.3, -0.25) is 0 Å². The van der Waals surface area contributed by atoms with Crippen LogP contribution in [0, 0.1) is 0 Å². The molecule has 0 spiro atoms. The Morgan fingerprint density at radius 1 is 1.26 bits per heavy atom. The molecule has 0 amide bonds. The molecule has 2 aliphatic rings. The van der Waals surface area contributed by atoms with E-state index in [1.165, 1.54) is 58.9 Å². The first kappa shape index (κ1) is 11.6. The van der Waals surface area contributed by atoms with E-state index in [1.54, 1.807) is 0 Å². The highest BCUT2D eigenvalue weighted by molar-refractivity contribution is 7.12. The molecule has 1 aromatic heterocycles. The van der Waals surface area contributed by atoms with Crippen LogP contribution in [0.3, 0.4) is 0 Å². The Hall–Kier alpha value is -1.19. The molecule has 1 unspecified atom stereocenters. The number of hydrogen-bond donors (Lipinski definition) is 1. The van der Waals surface area contributed by atoms with E-state index in [0.29, 0.717) is 6.04 Å². The van der Waals surface area contributed by atoms with Crippen molar-refractivity contribution in [1.82, 2.24) is 10.3 Å². The van der Waals surface area contributed by atoms with Crippen molar-refractivity contribution in [2.45, 2.75) is 38.1 Å². The minimum Gasteiger partial charge on any atom is -0.314 e. The van der Waals surface area contributed by atoms with E-state index in [1.807, 2.05) is 11.3 Å². The second kappa shape index (κ2) is 4.73. The molecule has 2 heterocycles. The molecule has 1 aromatic carbocycles. The van der Waals surface area contributed by atoms with Crippen molar-refractivity contribution in [3.63, 3.8) is 0 Å². The van der Waals surface area contributed by atoms with Crippen molar-refractivity contribution in [2.75, 3.05) is 6.54 Å². The fourth-order valence-corrected chi connectivity index (χ4v) is 4.39. The summed E-state index contributed by atoms with van der Waals surface area (Å²) in [6.45, 7) is 1.18. The monoisotopic (exact) mass is 270 g/mol. The molecule has 0 bridgehead atoms. The number of hydrogen-bond acceptors (Lipinski definition) is 3. The van der Waals surface area contributed by atoms with Crippen molar-refractivity contribution in [3.05, 3.63) is 39.7 Å². The lowest BCUT2D eigenvalue weighted by atomic mass is 9.94. The lowest BCUT2D eigenvalue weighted by Crippen LogP contribution is -2.23. The second-order valence-corrected chi connectivity index (χ2v) is 6.70. The molecule has 1 saturated heterocycles. The van der Waals surface area contributed by atoms with Crippen LogP contribution in [0.25, 0.3) is 11.3 Å². The highest BCUT2D eigenvalue weighted by atomic mass is 32.1. The molecule has 1 fully saturated rings. The Morgan fingerprint density at radius 2 is 2.21 bits per heavy atom. The molecule has 1 aliphatic carbocycles. The Bertz CT molecular complexity index is 597. The van der Waals surface area contributed by atoms with Crippen molar-refractivity contribution in [3.8, 4) is 11.3 Å². The largest absolute Gasteiger partial charge is 0.314 e. The smallest absolute Gasteiger partial charge is 0.0950 e. The standard InChI is InChI=1S/C16H18N2S/c1-2-6-13-11(4-1)7-8-14-16(13)18-15(19-14)10-12-5-3-9-17-12/h1-2,4,6,12,17H,3,5,7-10H2. The highest BCUT2D eigenvalue weighted by Gasteiger charge is 2.22. The molecule has 1 N–H and O–H groups in total. The SMILES string of the molecule is c1ccc2c(c1)CCc1sc(CC3CCCN3)nc1-2. The minimum atomic E-state index is 0.655. The van der Waals surface area contributed by atoms with Crippen LogP contribution in [-0.2, 0) is 19.3 Å². The van der Waals surface area contributed by atoms with Crippen LogP contribution in [0.2, 0.25) is 0 Å². The van der Waals surface area contributed by atoms with E-state index in [-0.39, 0.29) is 0 Å². The quantitative estimate of drug-likeness (QED) is 0.906. The fourth-order valence-electron chi connectivity index (χ4n) is 3.23. The molecular weight excluding hydrogens is 252 g/mol. The summed E-state index contributed by atoms with van der Waals surface area (Å²) in [5.41, 5.74) is 4.09. The zero-order valence-corrected chi connectivity index (χ0v) is 11.8. The van der Waals surface area contributed by atoms with Crippen LogP contribution in [0.15, 0.2) is 24.3 Å². The third kappa shape index (κ3) is 2.11. The van der Waals surface area contributed by atoms with Gasteiger partial charge in [0.25, 0.3) is 0 Å². The molecule has 19 heavy (non-hydrogen) atoms. The second-order valence-electron chi connectivity index (χ2n) is 5.53. The van der Waals surface area contributed by atoms with Gasteiger partial charge in [-0.1, -0.05) is 24.3 Å². The fraction of sp³-hybridized carbons (Fsp3) is 0.438. The summed E-state index contributed by atoms with van der Waals surface area (Å²) < 4.78 is 0. The van der Waals surface area contributed by atoms with E-state index in [0.717, 1.165) is 6.42 Å². The summed E-state index contributed by atoms with van der Waals surface area (Å²) >= 11 is 1.93. The van der Waals surface area contributed by atoms with E-state index in [4.69, 9.17) is 4.98 Å². The van der Waals surface area contributed by atoms with E-state index < -0.39 is 0 Å². The van der Waals surface area contributed by atoms with Gasteiger partial charge >= 0.3 is 0 Å². The van der Waals surface area contributed by atoms with Crippen molar-refractivity contribution >= 4 is 11.3 Å². The van der Waals surface area contributed by atoms with Gasteiger partial charge in [-0.25, -0.2) is 4.98 Å². The summed E-state index contributed by atoms with van der Waals surface area (Å²) in [7, 11) is 0. The Labute approximate surface area is 117 Å². The number of thiazole rings is 1. The third-order valence-electron chi connectivity index (χ3n) is 4.22. The molecule has 0 radical (unpaired) electrons. The Kier molecular flexibility index (Phi) is 2.89. The number of fused-ring (bicyclic) bond motifs is 3. The molecular formula is C16H18N2S. The lowest BCUT2D eigenvalue weighted by Gasteiger charge is -2.13. The molecule has 1 atom stereocenters. The van der Waals surface area contributed by atoms with Crippen LogP contribution in [-0.4, -0.2) is 17.6 Å². The zero-order chi connectivity index (χ0) is 12.7. The zero-order valence-electron chi connectivity index (χ0n) is 11.0. The van der Waals surface area contributed by atoms with Gasteiger partial charge in [0.2, 0.25) is 0 Å². The average molecular weight is 270 g/mol. The summed E-state index contributed by atoms with van der Waals surface area (Å²) in [4.78, 5) is 6.43. The van der Waals surface area contributed by atoms with Crippen LogP contribution in [0.1, 0.15) is 28.3 Å². The Morgan fingerprint density at radius 3 is 3.11 bits per heavy atom. The van der Waals surface area contributed by atoms with Crippen LogP contribution in [0.5, 0.6) is 0 Å². The van der Waals surface area contributed by atoms with Gasteiger partial charge in [0.05, 0.1) is 10.7 Å². The first-order valence-corrected chi connectivity index (χ1v) is 8.02. The molecule has 2 aromatic rings. The molecule has 3 heteroatoms. The maximum absolute atomic E-state index is 4.93. The molecule has 0 saturated carbocycles. The van der Waals surface area contributed by atoms with E-state index >= 15 is 0 Å². The van der Waals surface area contributed by atoms with E-state index in [9.17, 15) is 0 Å². The number of nitrogens with one attached hydrogen (secondary N) is 1. The lowest BCUT2D eigenvalue weighted by molar-refractivity contribution is 0.601. The van der Waals surface area contributed by atoms with Gasteiger partial charge in [0.15, 0.2) is 0 Å². The summed E-state index contributed by atoms with van der Waals surface area (Å²) in [6, 6.07) is 9.40. The number of rotatable bonds is 2. The summed E-state index contributed by atoms with van der Waals surface area (Å²) in [6.07, 6.45) is 6.08. The van der Waals surface area contributed by atoms with Crippen LogP contribution >= 0.6 is 11.3 Å². The van der Waals surface area contributed by atoms with E-state index in [2.05, 4.69) is 29.6 Å². The number of aromatic nitrogens is 1. The summed E-state index contributed by atoms with van der Waals surface area (Å²) in [5, 5.41) is 4.89. The minimum absolute atomic E-state index is 0.655. The maximum atomic E-state index is 4.93. The number of aryl methyl sites for hydroxylation is 2. The maximum Gasteiger partial charge on any atom is 0.0950 e. The van der Waals surface area contributed by atoms with Crippen molar-refractivity contribution < 1.29 is 0 Å². The molecule has 1 aliphatic heterocycles. The van der Waals surface area contributed by atoms with Gasteiger partial charge in [-0.15, -0.1) is 11.3 Å². The predicted octanol–water partition coefficient (Wildman–Crippen LogP) is 3.20. The first-order valence-electron chi connectivity index (χ1n) is 7.20. The van der Waals surface area contributed by atoms with Crippen LogP contribution < -0.4 is 5.32 Å². The van der Waals surface area contributed by atoms with Gasteiger partial charge in [0.1, 0.15) is 0 Å². The van der Waals surface area contributed by atoms with Crippen molar-refractivity contribution in [1.29, 1.82) is 0 Å². The van der Waals surface area contributed by atoms with Gasteiger partial charge in [-0.2, -0.15) is 0 Å². The normalized spacial score (nSPS) is 21.2. The van der Waals surface area contributed by atoms with Gasteiger partial charge in [-0.05, 0) is 37.8 Å². The summed E-state index contributed by atoms with van der Waals surface area (Å²) in [5.74, 6) is 0. The number of nitrogens with zero attached hydrogens (tertiary/aromatic N) is 1. The highest BCUT2D eigenvalue weighted by Crippen LogP contribution is 2.36.